The van der Waals surface area contributed by atoms with Crippen LogP contribution in [0.1, 0.15) is 12.0 Å². The molecule has 114 valence electrons. The van der Waals surface area contributed by atoms with E-state index in [0.717, 1.165) is 38.3 Å². The maximum absolute atomic E-state index is 5.95. The first-order chi connectivity index (χ1) is 9.40. The van der Waals surface area contributed by atoms with Crippen LogP contribution in [0.4, 0.5) is 0 Å². The molecule has 1 aromatic rings. The molecule has 0 saturated carbocycles. The Hall–Kier alpha value is 0.400. The van der Waals surface area contributed by atoms with Crippen LogP contribution >= 0.6 is 45.2 Å². The van der Waals surface area contributed by atoms with E-state index in [1.54, 1.807) is 0 Å². The molecule has 0 aromatic heterocycles. The molecule has 0 N–H and O–H groups in total. The van der Waals surface area contributed by atoms with E-state index in [1.165, 1.54) is 12.7 Å². The van der Waals surface area contributed by atoms with Crippen molar-refractivity contribution in [3.05, 3.63) is 24.8 Å². The molecule has 0 spiro atoms. The van der Waals surface area contributed by atoms with Gasteiger partial charge in [-0.15, -0.1) is 0 Å². The van der Waals surface area contributed by atoms with Gasteiger partial charge >= 0.3 is 0 Å². The second kappa shape index (κ2) is 9.42. The van der Waals surface area contributed by atoms with Gasteiger partial charge in [0.15, 0.2) is 0 Å². The third-order valence-electron chi connectivity index (χ3n) is 2.90. The molecule has 0 unspecified atom stereocenters. The zero-order valence-corrected chi connectivity index (χ0v) is 17.1. The summed E-state index contributed by atoms with van der Waals surface area (Å²) in [6.07, 6.45) is 2.14. The summed E-state index contributed by atoms with van der Waals surface area (Å²) in [5, 5.41) is 0. The molecule has 0 aliphatic carbocycles. The minimum Gasteiger partial charge on any atom is -0.491 e. The van der Waals surface area contributed by atoms with E-state index in [0.29, 0.717) is 0 Å². The molecule has 0 radical (unpaired) electrons. The van der Waals surface area contributed by atoms with E-state index in [-0.39, 0.29) is 0 Å². The lowest BCUT2D eigenvalue weighted by atomic mass is 10.1. The summed E-state index contributed by atoms with van der Waals surface area (Å²) in [5.41, 5.74) is 1.38. The summed E-state index contributed by atoms with van der Waals surface area (Å²) in [6, 6.07) is 4.49. The summed E-state index contributed by atoms with van der Waals surface area (Å²) in [7, 11) is 8.40. The van der Waals surface area contributed by atoms with Crippen LogP contribution in [0.2, 0.25) is 0 Å². The predicted molar refractivity (Wildman–Crippen MR) is 103 cm³/mol. The summed E-state index contributed by atoms with van der Waals surface area (Å²) in [5.74, 6) is 1.04. The number of benzene rings is 1. The highest BCUT2D eigenvalue weighted by atomic mass is 127. The topological polar surface area (TPSA) is 15.7 Å². The van der Waals surface area contributed by atoms with Crippen molar-refractivity contribution < 1.29 is 4.74 Å². The Bertz CT molecular complexity index is 399. The van der Waals surface area contributed by atoms with Gasteiger partial charge in [0.1, 0.15) is 5.75 Å². The molecule has 1 aromatic carbocycles. The van der Waals surface area contributed by atoms with Gasteiger partial charge in [-0.25, -0.2) is 0 Å². The van der Waals surface area contributed by atoms with Crippen molar-refractivity contribution in [2.75, 3.05) is 47.9 Å². The number of rotatable bonds is 8. The number of likely N-dealkylation sites (N-methyl/N-ethyl adjacent to an activating group) is 1. The van der Waals surface area contributed by atoms with E-state index in [2.05, 4.69) is 95.3 Å². The maximum atomic E-state index is 5.95. The Kier molecular flexibility index (Phi) is 8.69. The van der Waals surface area contributed by atoms with Gasteiger partial charge in [0.05, 0.1) is 13.7 Å². The predicted octanol–water partition coefficient (Wildman–Crippen LogP) is 3.33. The molecule has 0 amide bonds. The summed E-state index contributed by atoms with van der Waals surface area (Å²) < 4.78 is 8.38. The van der Waals surface area contributed by atoms with Gasteiger partial charge in [-0.05, 0) is 104 Å². The molecule has 1 rings (SSSR count). The third-order valence-corrected chi connectivity index (χ3v) is 4.50. The highest BCUT2D eigenvalue weighted by Gasteiger charge is 2.09. The van der Waals surface area contributed by atoms with Gasteiger partial charge in [0, 0.05) is 13.1 Å². The molecule has 0 saturated heterocycles. The number of ether oxygens (including phenoxy) is 1. The first kappa shape index (κ1) is 18.4. The van der Waals surface area contributed by atoms with Gasteiger partial charge in [0.2, 0.25) is 0 Å². The fourth-order valence-electron chi connectivity index (χ4n) is 1.80. The van der Waals surface area contributed by atoms with Crippen LogP contribution in [-0.4, -0.2) is 57.7 Å². The van der Waals surface area contributed by atoms with E-state index < -0.39 is 0 Å². The Balaban J connectivity index is 2.59. The zero-order valence-electron chi connectivity index (χ0n) is 12.7. The van der Waals surface area contributed by atoms with Gasteiger partial charge in [0.25, 0.3) is 0 Å². The molecule has 0 aliphatic rings. The quantitative estimate of drug-likeness (QED) is 0.401. The molecule has 0 atom stereocenters. The molecular weight excluding hydrogens is 478 g/mol. The van der Waals surface area contributed by atoms with E-state index in [9.17, 15) is 0 Å². The second-order valence-corrected chi connectivity index (χ2v) is 7.77. The molecule has 0 bridgehead atoms. The molecule has 0 heterocycles. The fourth-order valence-corrected chi connectivity index (χ4v) is 4.01. The molecule has 5 heteroatoms. The van der Waals surface area contributed by atoms with Gasteiger partial charge in [-0.2, -0.15) is 0 Å². The first-order valence-corrected chi connectivity index (χ1v) is 8.96. The van der Waals surface area contributed by atoms with Crippen LogP contribution in [0.3, 0.4) is 0 Å². The van der Waals surface area contributed by atoms with Crippen LogP contribution in [0.5, 0.6) is 5.75 Å². The van der Waals surface area contributed by atoms with Crippen molar-refractivity contribution >= 4 is 45.2 Å². The Morgan fingerprint density at radius 2 is 1.50 bits per heavy atom. The van der Waals surface area contributed by atoms with Crippen LogP contribution in [0, 0.1) is 7.14 Å². The monoisotopic (exact) mass is 502 g/mol. The minimum atomic E-state index is 0.779. The molecule has 0 fully saturated rings. The average molecular weight is 502 g/mol. The van der Waals surface area contributed by atoms with E-state index >= 15 is 0 Å². The average Bonchev–Trinajstić information content (AvgIpc) is 2.34. The third kappa shape index (κ3) is 6.91. The van der Waals surface area contributed by atoms with Crippen molar-refractivity contribution in [3.8, 4) is 5.75 Å². The minimum absolute atomic E-state index is 0.779. The van der Waals surface area contributed by atoms with Crippen molar-refractivity contribution in [2.45, 2.75) is 12.8 Å². The van der Waals surface area contributed by atoms with Crippen molar-refractivity contribution in [3.63, 3.8) is 0 Å². The highest BCUT2D eigenvalue weighted by Crippen LogP contribution is 2.29. The van der Waals surface area contributed by atoms with Gasteiger partial charge in [-0.1, -0.05) is 0 Å². The van der Waals surface area contributed by atoms with Crippen LogP contribution in [0.25, 0.3) is 0 Å². The summed E-state index contributed by atoms with van der Waals surface area (Å²) in [6.45, 7) is 2.92. The van der Waals surface area contributed by atoms with Crippen LogP contribution < -0.4 is 4.74 Å². The lowest BCUT2D eigenvalue weighted by Crippen LogP contribution is -2.16. The van der Waals surface area contributed by atoms with Crippen LogP contribution in [0.15, 0.2) is 12.1 Å². The standard InChI is InChI=1S/C15H24I2N2O/c1-18(2)7-5-9-20-15-13(16)10-12(11-14(15)17)6-8-19(3)4/h10-11H,5-9H2,1-4H3. The van der Waals surface area contributed by atoms with Gasteiger partial charge in [-0.3, -0.25) is 0 Å². The summed E-state index contributed by atoms with van der Waals surface area (Å²) in [4.78, 5) is 4.40. The molecular formula is C15H24I2N2O. The normalized spacial score (nSPS) is 11.4. The second-order valence-electron chi connectivity index (χ2n) is 5.45. The molecule has 20 heavy (non-hydrogen) atoms. The van der Waals surface area contributed by atoms with E-state index in [4.69, 9.17) is 4.74 Å². The zero-order chi connectivity index (χ0) is 15.1. The van der Waals surface area contributed by atoms with Gasteiger partial charge < -0.3 is 14.5 Å². The Morgan fingerprint density at radius 3 is 2.00 bits per heavy atom. The largest absolute Gasteiger partial charge is 0.491 e. The number of halogens is 2. The smallest absolute Gasteiger partial charge is 0.145 e. The number of hydrogen-bond donors (Lipinski definition) is 0. The molecule has 0 aliphatic heterocycles. The van der Waals surface area contributed by atoms with Crippen LogP contribution in [-0.2, 0) is 6.42 Å². The van der Waals surface area contributed by atoms with Crippen molar-refractivity contribution in [2.24, 2.45) is 0 Å². The van der Waals surface area contributed by atoms with E-state index in [1.807, 2.05) is 0 Å². The SMILES string of the molecule is CN(C)CCCOc1c(I)cc(CCN(C)C)cc1I. The number of hydrogen-bond acceptors (Lipinski definition) is 3. The first-order valence-electron chi connectivity index (χ1n) is 6.80. The fraction of sp³-hybridized carbons (Fsp3) is 0.600. The lowest BCUT2D eigenvalue weighted by molar-refractivity contribution is 0.278. The highest BCUT2D eigenvalue weighted by molar-refractivity contribution is 14.1. The molecule has 3 nitrogen and oxygen atoms in total. The Morgan fingerprint density at radius 1 is 0.950 bits per heavy atom. The Labute approximate surface area is 150 Å². The maximum Gasteiger partial charge on any atom is 0.145 e. The van der Waals surface area contributed by atoms with Crippen molar-refractivity contribution in [1.29, 1.82) is 0 Å². The lowest BCUT2D eigenvalue weighted by Gasteiger charge is -2.15. The van der Waals surface area contributed by atoms with Crippen molar-refractivity contribution in [1.82, 2.24) is 9.80 Å². The summed E-state index contributed by atoms with van der Waals surface area (Å²) >= 11 is 4.76. The number of nitrogens with zero attached hydrogens (tertiary/aromatic N) is 2.